The van der Waals surface area contributed by atoms with E-state index in [9.17, 15) is 0 Å². The standard InChI is InChI=1S/C53H82O15/c1-45(2)61-26-49(9,27-62-45)23-56-32-52(33-57-24-50(10)28-63-46(3,4)64-29-50,34-58-25-51(11)30-65-47(5,6)66-31-51)35-59-36-53(38-67-48(7,8)68-39-53)37-60-42-18-16-40(17-19-42)14-15-41-20-43(54-12)22-44(21-41)55-13/h14-22H,23-39H2,1-13H3/b15-14+. The van der Waals surface area contributed by atoms with Crippen molar-refractivity contribution in [3.8, 4) is 17.2 Å². The van der Waals surface area contributed by atoms with E-state index in [1.807, 2.05) is 110 Å². The van der Waals surface area contributed by atoms with Crippen LogP contribution in [0.5, 0.6) is 17.2 Å². The Hall–Kier alpha value is -2.90. The number of rotatable bonds is 23. The summed E-state index contributed by atoms with van der Waals surface area (Å²) in [5.41, 5.74) is -0.511. The van der Waals surface area contributed by atoms with Gasteiger partial charge in [-0.3, -0.25) is 0 Å². The van der Waals surface area contributed by atoms with Crippen LogP contribution in [0.25, 0.3) is 12.2 Å². The second-order valence-electron chi connectivity index (χ2n) is 22.6. The van der Waals surface area contributed by atoms with Crippen LogP contribution in [0.3, 0.4) is 0 Å². The molecule has 4 heterocycles. The van der Waals surface area contributed by atoms with Crippen molar-refractivity contribution in [1.82, 2.24) is 0 Å². The van der Waals surface area contributed by atoms with Crippen LogP contribution in [0, 0.1) is 27.1 Å². The van der Waals surface area contributed by atoms with Gasteiger partial charge in [0.25, 0.3) is 0 Å². The maximum atomic E-state index is 6.85. The van der Waals surface area contributed by atoms with Gasteiger partial charge >= 0.3 is 0 Å². The molecule has 15 heteroatoms. The first kappa shape index (κ1) is 54.4. The fourth-order valence-corrected chi connectivity index (χ4v) is 7.84. The molecule has 68 heavy (non-hydrogen) atoms. The van der Waals surface area contributed by atoms with Crippen molar-refractivity contribution in [1.29, 1.82) is 0 Å². The summed E-state index contributed by atoms with van der Waals surface area (Å²) < 4.78 is 93.3. The van der Waals surface area contributed by atoms with Crippen LogP contribution in [0.4, 0.5) is 0 Å². The van der Waals surface area contributed by atoms with E-state index < -0.39 is 34.0 Å². The van der Waals surface area contributed by atoms with E-state index in [1.54, 1.807) is 14.2 Å². The lowest BCUT2D eigenvalue weighted by atomic mass is 9.88. The number of ether oxygens (including phenoxy) is 15. The Kier molecular flexibility index (Phi) is 17.8. The van der Waals surface area contributed by atoms with Gasteiger partial charge in [-0.25, -0.2) is 0 Å². The first-order chi connectivity index (χ1) is 31.9. The molecule has 0 spiro atoms. The molecule has 2 aromatic carbocycles. The molecular formula is C53H82O15. The first-order valence-electron chi connectivity index (χ1n) is 23.9. The Labute approximate surface area is 405 Å². The van der Waals surface area contributed by atoms with Crippen molar-refractivity contribution in [2.45, 2.75) is 99.3 Å². The van der Waals surface area contributed by atoms with Gasteiger partial charge in [0.1, 0.15) is 23.9 Å². The topological polar surface area (TPSA) is 138 Å². The summed E-state index contributed by atoms with van der Waals surface area (Å²) in [7, 11) is 3.28. The molecule has 0 unspecified atom stereocenters. The Morgan fingerprint density at radius 3 is 1.12 bits per heavy atom. The van der Waals surface area contributed by atoms with Gasteiger partial charge in [0, 0.05) is 22.3 Å². The Morgan fingerprint density at radius 1 is 0.412 bits per heavy atom. The fraction of sp³-hybridized carbons (Fsp3) is 0.736. The molecule has 0 amide bonds. The molecule has 0 N–H and O–H groups in total. The molecule has 2 aromatic rings. The van der Waals surface area contributed by atoms with E-state index in [2.05, 4.69) is 20.8 Å². The van der Waals surface area contributed by atoms with Crippen molar-refractivity contribution in [3.63, 3.8) is 0 Å². The predicted molar refractivity (Wildman–Crippen MR) is 257 cm³/mol. The van der Waals surface area contributed by atoms with Crippen LogP contribution >= 0.6 is 0 Å². The Bertz CT molecular complexity index is 1760. The van der Waals surface area contributed by atoms with Crippen molar-refractivity contribution in [2.24, 2.45) is 27.1 Å². The largest absolute Gasteiger partial charge is 0.497 e. The van der Waals surface area contributed by atoms with E-state index in [4.69, 9.17) is 71.1 Å². The summed E-state index contributed by atoms with van der Waals surface area (Å²) in [6.07, 6.45) is 4.06. The summed E-state index contributed by atoms with van der Waals surface area (Å²) in [5, 5.41) is 0. The summed E-state index contributed by atoms with van der Waals surface area (Å²) in [6.45, 7) is 28.3. The molecule has 0 radical (unpaired) electrons. The molecular weight excluding hydrogens is 877 g/mol. The third-order valence-corrected chi connectivity index (χ3v) is 12.7. The van der Waals surface area contributed by atoms with Gasteiger partial charge in [0.2, 0.25) is 0 Å². The highest BCUT2D eigenvalue weighted by atomic mass is 16.7. The average molecular weight is 959 g/mol. The molecule has 4 fully saturated rings. The van der Waals surface area contributed by atoms with E-state index >= 15 is 0 Å². The lowest BCUT2D eigenvalue weighted by molar-refractivity contribution is -0.298. The van der Waals surface area contributed by atoms with Crippen LogP contribution < -0.4 is 14.2 Å². The molecule has 4 aliphatic heterocycles. The van der Waals surface area contributed by atoms with Crippen LogP contribution in [-0.4, -0.2) is 150 Å². The van der Waals surface area contributed by atoms with Gasteiger partial charge in [-0.1, -0.05) is 45.1 Å². The molecule has 0 aromatic heterocycles. The van der Waals surface area contributed by atoms with Gasteiger partial charge in [-0.2, -0.15) is 0 Å². The minimum absolute atomic E-state index is 0.239. The number of methoxy groups -OCH3 is 2. The van der Waals surface area contributed by atoms with Crippen molar-refractivity contribution >= 4 is 12.2 Å². The second kappa shape index (κ2) is 22.3. The fourth-order valence-electron chi connectivity index (χ4n) is 7.84. The zero-order valence-corrected chi connectivity index (χ0v) is 43.3. The SMILES string of the molecule is COc1cc(/C=C/c2ccc(OCC3(COCC(COCC4(C)COC(C)(C)OC4)(COCC4(C)COC(C)(C)OC4)COCC4(C)COC(C)(C)OC4)COC(C)(C)OC3)cc2)cc(OC)c1. The second-order valence-corrected chi connectivity index (χ2v) is 22.6. The number of benzene rings is 2. The summed E-state index contributed by atoms with van der Waals surface area (Å²) in [6, 6.07) is 13.7. The molecule has 4 saturated heterocycles. The minimum atomic E-state index is -0.763. The van der Waals surface area contributed by atoms with Crippen molar-refractivity contribution in [2.75, 3.05) is 127 Å². The third kappa shape index (κ3) is 16.3. The third-order valence-electron chi connectivity index (χ3n) is 12.7. The van der Waals surface area contributed by atoms with Gasteiger partial charge in [-0.05, 0) is 90.8 Å². The van der Waals surface area contributed by atoms with Gasteiger partial charge in [0.15, 0.2) is 23.1 Å². The van der Waals surface area contributed by atoms with E-state index in [0.29, 0.717) is 78.4 Å². The maximum Gasteiger partial charge on any atom is 0.162 e. The minimum Gasteiger partial charge on any atom is -0.497 e. The normalized spacial score (nSPS) is 23.5. The quantitative estimate of drug-likeness (QED) is 0.0985. The molecule has 0 saturated carbocycles. The highest BCUT2D eigenvalue weighted by Crippen LogP contribution is 2.37. The van der Waals surface area contributed by atoms with Crippen LogP contribution in [-0.2, 0) is 56.8 Å². The monoisotopic (exact) mass is 959 g/mol. The predicted octanol–water partition coefficient (Wildman–Crippen LogP) is 8.44. The first-order valence-corrected chi connectivity index (χ1v) is 23.9. The highest BCUT2D eigenvalue weighted by molar-refractivity contribution is 5.71. The van der Waals surface area contributed by atoms with E-state index in [-0.39, 0.29) is 55.9 Å². The maximum absolute atomic E-state index is 6.85. The van der Waals surface area contributed by atoms with Crippen LogP contribution in [0.1, 0.15) is 87.3 Å². The van der Waals surface area contributed by atoms with Gasteiger partial charge in [0.05, 0.1) is 131 Å². The van der Waals surface area contributed by atoms with Crippen LogP contribution in [0.15, 0.2) is 42.5 Å². The van der Waals surface area contributed by atoms with E-state index in [0.717, 1.165) is 22.6 Å². The lowest BCUT2D eigenvalue weighted by Crippen LogP contribution is -2.53. The molecule has 4 aliphatic rings. The summed E-state index contributed by atoms with van der Waals surface area (Å²) >= 11 is 0. The molecule has 0 bridgehead atoms. The average Bonchev–Trinajstić information content (AvgIpc) is 3.29. The van der Waals surface area contributed by atoms with Crippen molar-refractivity contribution < 1.29 is 71.1 Å². The molecule has 0 aliphatic carbocycles. The van der Waals surface area contributed by atoms with Crippen LogP contribution in [0.2, 0.25) is 0 Å². The smallest absolute Gasteiger partial charge is 0.162 e. The number of hydrogen-bond donors (Lipinski definition) is 0. The highest BCUT2D eigenvalue weighted by Gasteiger charge is 2.45. The summed E-state index contributed by atoms with van der Waals surface area (Å²) in [5.74, 6) is -0.533. The molecule has 6 rings (SSSR count). The zero-order valence-electron chi connectivity index (χ0n) is 43.3. The van der Waals surface area contributed by atoms with E-state index in [1.165, 1.54) is 0 Å². The lowest BCUT2D eigenvalue weighted by Gasteiger charge is -2.44. The van der Waals surface area contributed by atoms with Gasteiger partial charge in [-0.15, -0.1) is 0 Å². The van der Waals surface area contributed by atoms with Crippen molar-refractivity contribution in [3.05, 3.63) is 53.6 Å². The Balaban J connectivity index is 1.18. The Morgan fingerprint density at radius 2 is 0.750 bits per heavy atom. The molecule has 384 valence electrons. The van der Waals surface area contributed by atoms with Gasteiger partial charge < -0.3 is 71.1 Å². The molecule has 0 atom stereocenters. The zero-order chi connectivity index (χ0) is 49.4. The summed E-state index contributed by atoms with van der Waals surface area (Å²) in [4.78, 5) is 0. The number of hydrogen-bond acceptors (Lipinski definition) is 15. The molecule has 15 nitrogen and oxygen atoms in total.